The van der Waals surface area contributed by atoms with Gasteiger partial charge in [-0.15, -0.1) is 0 Å². The second-order valence-electron chi connectivity index (χ2n) is 6.11. The van der Waals surface area contributed by atoms with Gasteiger partial charge in [0, 0.05) is 0 Å². The number of aliphatic carboxylic acids is 1. The molecule has 2 aromatic rings. The molecule has 0 bridgehead atoms. The molecule has 0 saturated carbocycles. The van der Waals surface area contributed by atoms with E-state index in [1.165, 1.54) is 12.1 Å². The lowest BCUT2D eigenvalue weighted by Gasteiger charge is -2.03. The summed E-state index contributed by atoms with van der Waals surface area (Å²) in [4.78, 5) is 49.6. The Morgan fingerprint density at radius 1 is 1.00 bits per heavy atom. The van der Waals surface area contributed by atoms with Crippen LogP contribution in [0.15, 0.2) is 52.4 Å². The number of ether oxygens (including phenoxy) is 1. The van der Waals surface area contributed by atoms with Gasteiger partial charge in [-0.2, -0.15) is 0 Å². The lowest BCUT2D eigenvalue weighted by Crippen LogP contribution is -2.19. The SMILES string of the molecule is O=C(O)COc1ccc(/C=C2\SC(=Nc3cc(C(=O)O)cc(C(=O)O)c3)NC2=O)cc1. The number of thioether (sulfide) groups is 1. The van der Waals surface area contributed by atoms with E-state index < -0.39 is 30.4 Å². The number of nitrogens with zero attached hydrogens (tertiary/aromatic N) is 1. The third-order valence-corrected chi connectivity index (χ3v) is 4.74. The molecule has 0 spiro atoms. The Labute approximate surface area is 178 Å². The van der Waals surface area contributed by atoms with Crippen molar-refractivity contribution in [1.82, 2.24) is 5.32 Å². The summed E-state index contributed by atoms with van der Waals surface area (Å²) in [6.07, 6.45) is 1.58. The van der Waals surface area contributed by atoms with E-state index in [1.807, 2.05) is 0 Å². The second kappa shape index (κ2) is 9.13. The van der Waals surface area contributed by atoms with Crippen molar-refractivity contribution in [1.29, 1.82) is 0 Å². The number of hydrogen-bond donors (Lipinski definition) is 4. The van der Waals surface area contributed by atoms with Gasteiger partial charge in [0.25, 0.3) is 5.91 Å². The first-order chi connectivity index (χ1) is 14.7. The molecule has 1 heterocycles. The Hall–Kier alpha value is -4.12. The van der Waals surface area contributed by atoms with Crippen LogP contribution in [0.3, 0.4) is 0 Å². The van der Waals surface area contributed by atoms with Gasteiger partial charge in [0.1, 0.15) is 5.75 Å². The van der Waals surface area contributed by atoms with Crippen LogP contribution in [0, 0.1) is 0 Å². The van der Waals surface area contributed by atoms with Crippen molar-refractivity contribution >= 4 is 52.5 Å². The van der Waals surface area contributed by atoms with Crippen molar-refractivity contribution in [2.75, 3.05) is 6.61 Å². The van der Waals surface area contributed by atoms with Crippen molar-refractivity contribution in [3.8, 4) is 5.75 Å². The monoisotopic (exact) mass is 442 g/mol. The van der Waals surface area contributed by atoms with Gasteiger partial charge in [-0.05, 0) is 53.7 Å². The van der Waals surface area contributed by atoms with Gasteiger partial charge in [-0.1, -0.05) is 12.1 Å². The highest BCUT2D eigenvalue weighted by Gasteiger charge is 2.24. The topological polar surface area (TPSA) is 163 Å². The van der Waals surface area contributed by atoms with Crippen LogP contribution in [0.2, 0.25) is 0 Å². The van der Waals surface area contributed by atoms with Gasteiger partial charge in [-0.25, -0.2) is 19.4 Å². The molecule has 0 unspecified atom stereocenters. The summed E-state index contributed by atoms with van der Waals surface area (Å²) >= 11 is 1.00. The fourth-order valence-corrected chi connectivity index (χ4v) is 3.32. The molecule has 0 atom stereocenters. The predicted molar refractivity (Wildman–Crippen MR) is 111 cm³/mol. The fourth-order valence-electron chi connectivity index (χ4n) is 2.48. The summed E-state index contributed by atoms with van der Waals surface area (Å²) in [5.74, 6) is -3.76. The average Bonchev–Trinajstić information content (AvgIpc) is 3.05. The minimum atomic E-state index is -1.30. The summed E-state index contributed by atoms with van der Waals surface area (Å²) in [5.41, 5.74) is 0.244. The summed E-state index contributed by atoms with van der Waals surface area (Å²) in [5, 5.41) is 29.6. The molecule has 10 nitrogen and oxygen atoms in total. The van der Waals surface area contributed by atoms with Crippen LogP contribution in [0.25, 0.3) is 6.08 Å². The van der Waals surface area contributed by atoms with E-state index in [0.717, 1.165) is 17.8 Å². The molecule has 1 amide bonds. The number of amidine groups is 1. The van der Waals surface area contributed by atoms with Gasteiger partial charge >= 0.3 is 17.9 Å². The van der Waals surface area contributed by atoms with Crippen molar-refractivity contribution in [2.45, 2.75) is 0 Å². The highest BCUT2D eigenvalue weighted by atomic mass is 32.2. The Bertz CT molecular complexity index is 1110. The molecular weight excluding hydrogens is 428 g/mol. The first-order valence-electron chi connectivity index (χ1n) is 8.57. The van der Waals surface area contributed by atoms with Crippen molar-refractivity contribution in [2.24, 2.45) is 4.99 Å². The van der Waals surface area contributed by atoms with E-state index in [0.29, 0.717) is 16.2 Å². The minimum absolute atomic E-state index is 0.0706. The molecule has 0 aromatic heterocycles. The van der Waals surface area contributed by atoms with Crippen LogP contribution < -0.4 is 10.1 Å². The number of aromatic carboxylic acids is 2. The largest absolute Gasteiger partial charge is 0.482 e. The van der Waals surface area contributed by atoms with Crippen LogP contribution in [0.1, 0.15) is 26.3 Å². The van der Waals surface area contributed by atoms with Crippen molar-refractivity contribution in [3.63, 3.8) is 0 Å². The molecule has 1 aliphatic heterocycles. The maximum Gasteiger partial charge on any atom is 0.341 e. The molecular formula is C20H14N2O8S. The van der Waals surface area contributed by atoms with E-state index in [4.69, 9.17) is 20.1 Å². The Morgan fingerprint density at radius 3 is 2.16 bits per heavy atom. The summed E-state index contributed by atoms with van der Waals surface area (Å²) in [6, 6.07) is 9.83. The molecule has 1 saturated heterocycles. The van der Waals surface area contributed by atoms with E-state index in [2.05, 4.69) is 10.3 Å². The summed E-state index contributed by atoms with van der Waals surface area (Å²) in [7, 11) is 0. The molecule has 0 radical (unpaired) electrons. The van der Waals surface area contributed by atoms with Gasteiger partial charge in [-0.3, -0.25) is 4.79 Å². The number of hydrogen-bond acceptors (Lipinski definition) is 7. The van der Waals surface area contributed by atoms with Crippen molar-refractivity contribution < 1.29 is 39.2 Å². The molecule has 1 fully saturated rings. The number of carbonyl (C=O) groups excluding carboxylic acids is 1. The van der Waals surface area contributed by atoms with Crippen LogP contribution in [-0.4, -0.2) is 50.9 Å². The quantitative estimate of drug-likeness (QED) is 0.472. The Balaban J connectivity index is 1.80. The van der Waals surface area contributed by atoms with Crippen LogP contribution in [0.4, 0.5) is 5.69 Å². The summed E-state index contributed by atoms with van der Waals surface area (Å²) < 4.78 is 5.04. The van der Waals surface area contributed by atoms with E-state index >= 15 is 0 Å². The van der Waals surface area contributed by atoms with Crippen molar-refractivity contribution in [3.05, 3.63) is 64.1 Å². The van der Waals surface area contributed by atoms with Gasteiger partial charge in [0.05, 0.1) is 21.7 Å². The molecule has 2 aromatic carbocycles. The predicted octanol–water partition coefficient (Wildman–Crippen LogP) is 2.44. The number of rotatable bonds is 7. The highest BCUT2D eigenvalue weighted by Crippen LogP contribution is 2.29. The zero-order chi connectivity index (χ0) is 22.5. The number of carboxylic acids is 3. The number of carboxylic acid groups (broad SMARTS) is 3. The van der Waals surface area contributed by atoms with Crippen LogP contribution in [0.5, 0.6) is 5.75 Å². The van der Waals surface area contributed by atoms with E-state index in [-0.39, 0.29) is 22.0 Å². The zero-order valence-electron chi connectivity index (χ0n) is 15.6. The number of aliphatic imine (C=N–C) groups is 1. The van der Waals surface area contributed by atoms with Crippen LogP contribution in [-0.2, 0) is 9.59 Å². The number of benzene rings is 2. The van der Waals surface area contributed by atoms with E-state index in [9.17, 15) is 19.2 Å². The third kappa shape index (κ3) is 5.70. The maximum atomic E-state index is 12.2. The average molecular weight is 442 g/mol. The fraction of sp³-hybridized carbons (Fsp3) is 0.0500. The Morgan fingerprint density at radius 2 is 1.61 bits per heavy atom. The lowest BCUT2D eigenvalue weighted by molar-refractivity contribution is -0.139. The molecule has 4 N–H and O–H groups in total. The smallest absolute Gasteiger partial charge is 0.341 e. The third-order valence-electron chi connectivity index (χ3n) is 3.83. The van der Waals surface area contributed by atoms with Gasteiger partial charge < -0.3 is 25.4 Å². The summed E-state index contributed by atoms with van der Waals surface area (Å²) in [6.45, 7) is -0.467. The highest BCUT2D eigenvalue weighted by molar-refractivity contribution is 8.18. The lowest BCUT2D eigenvalue weighted by atomic mass is 10.1. The molecule has 158 valence electrons. The number of amides is 1. The molecule has 11 heteroatoms. The number of nitrogens with one attached hydrogen (secondary N) is 1. The van der Waals surface area contributed by atoms with Gasteiger partial charge in [0.15, 0.2) is 11.8 Å². The standard InChI is InChI=1S/C20H14N2O8S/c23-16(24)9-30-14-3-1-10(2-4-14)5-15-17(25)22-20(31-15)21-13-7-11(18(26)27)6-12(8-13)19(28)29/h1-8H,9H2,(H,23,24)(H,26,27)(H,28,29)(H,21,22,25)/b15-5-. The molecule has 31 heavy (non-hydrogen) atoms. The zero-order valence-corrected chi connectivity index (χ0v) is 16.4. The normalized spacial score (nSPS) is 15.7. The molecule has 0 aliphatic carbocycles. The van der Waals surface area contributed by atoms with Crippen LogP contribution >= 0.6 is 11.8 Å². The van der Waals surface area contributed by atoms with Gasteiger partial charge in [0.2, 0.25) is 0 Å². The molecule has 3 rings (SSSR count). The molecule has 1 aliphatic rings. The van der Waals surface area contributed by atoms with E-state index in [1.54, 1.807) is 30.3 Å². The first-order valence-corrected chi connectivity index (χ1v) is 9.39. The Kier molecular flexibility index (Phi) is 6.36. The first kappa shape index (κ1) is 21.6. The number of carbonyl (C=O) groups is 4. The minimum Gasteiger partial charge on any atom is -0.482 e. The second-order valence-corrected chi connectivity index (χ2v) is 7.14. The maximum absolute atomic E-state index is 12.2.